The average molecular weight is 643 g/mol. The fraction of sp³-hybridized carbons (Fsp3) is 0.432. The summed E-state index contributed by atoms with van der Waals surface area (Å²) < 4.78 is 35.4. The van der Waals surface area contributed by atoms with Crippen LogP contribution in [0.5, 0.6) is 5.75 Å². The third-order valence-corrected chi connectivity index (χ3v) is 8.86. The first-order chi connectivity index (χ1) is 22.2. The number of anilines is 1. The number of fused-ring (bicyclic) bond motifs is 6. The van der Waals surface area contributed by atoms with Crippen molar-refractivity contribution in [2.75, 3.05) is 24.6 Å². The number of aromatic nitrogens is 3. The molecule has 7 rings (SSSR count). The predicted molar refractivity (Wildman–Crippen MR) is 180 cm³/mol. The molecule has 0 radical (unpaired) electrons. The Balaban J connectivity index is 1.57. The van der Waals surface area contributed by atoms with Crippen molar-refractivity contribution in [3.63, 3.8) is 0 Å². The van der Waals surface area contributed by atoms with E-state index in [1.165, 1.54) is 6.07 Å². The molecular formula is C37H43FN4O5. The van der Waals surface area contributed by atoms with E-state index in [1.54, 1.807) is 17.5 Å². The maximum atomic E-state index is 14.8. The quantitative estimate of drug-likeness (QED) is 0.230. The highest BCUT2D eigenvalue weighted by Gasteiger charge is 2.37. The molecule has 1 saturated heterocycles. The van der Waals surface area contributed by atoms with Crippen molar-refractivity contribution < 1.29 is 28.5 Å². The molecule has 47 heavy (non-hydrogen) atoms. The smallest absolute Gasteiger partial charge is 0.337 e. The second-order valence-corrected chi connectivity index (χ2v) is 13.9. The molecule has 0 aliphatic carbocycles. The summed E-state index contributed by atoms with van der Waals surface area (Å²) in [6, 6.07) is 13.0. The van der Waals surface area contributed by atoms with E-state index in [9.17, 15) is 14.3 Å². The van der Waals surface area contributed by atoms with Crippen LogP contribution in [0.15, 0.2) is 54.6 Å². The Hall–Kier alpha value is -4.28. The number of piperidine rings is 1. The standard InChI is InChI=1S/C37H43FN4O5/c1-22-18-27-25-11-8-12-26(19-25)29-21-31-39-24(3)32(33(35(43)44)47-36(4,5)6)34(42(31)40-29)41-15-13-37(7,14-16-41)45-17-9-10-23(2)46-30(27)20-28(22)38/h8-12,18-21,23,33H,13-17H2,1-7H3,(H,43,44)/b10-9+/t23-,33-/m0/s1. The van der Waals surface area contributed by atoms with Gasteiger partial charge in [0.2, 0.25) is 0 Å². The van der Waals surface area contributed by atoms with E-state index in [1.807, 2.05) is 77.1 Å². The van der Waals surface area contributed by atoms with Crippen molar-refractivity contribution in [1.82, 2.24) is 14.6 Å². The first-order valence-electron chi connectivity index (χ1n) is 16.2. The van der Waals surface area contributed by atoms with Gasteiger partial charge in [0.1, 0.15) is 23.5 Å². The van der Waals surface area contributed by atoms with E-state index in [-0.39, 0.29) is 17.5 Å². The van der Waals surface area contributed by atoms with Gasteiger partial charge in [-0.05, 0) is 90.6 Å². The van der Waals surface area contributed by atoms with Crippen LogP contribution in [0.1, 0.15) is 70.4 Å². The number of aryl methyl sites for hydroxylation is 2. The Morgan fingerprint density at radius 2 is 1.85 bits per heavy atom. The summed E-state index contributed by atoms with van der Waals surface area (Å²) in [6.45, 7) is 14.8. The van der Waals surface area contributed by atoms with Crippen LogP contribution in [0.2, 0.25) is 0 Å². The largest absolute Gasteiger partial charge is 0.486 e. The predicted octanol–water partition coefficient (Wildman–Crippen LogP) is 7.47. The van der Waals surface area contributed by atoms with Crippen LogP contribution < -0.4 is 9.64 Å². The van der Waals surface area contributed by atoms with Crippen LogP contribution >= 0.6 is 0 Å². The van der Waals surface area contributed by atoms with Crippen LogP contribution in [-0.4, -0.2) is 62.7 Å². The SMILES string of the molecule is Cc1cc2c(cc1F)O[C@@H](C)/C=C/COC1(C)CCN(CC1)c1c([C@H](OC(C)(C)C)C(=O)O)c(C)nc3cc(nn13)-c1cccc-2c1. The number of aliphatic carboxylic acids is 1. The van der Waals surface area contributed by atoms with E-state index >= 15 is 0 Å². The van der Waals surface area contributed by atoms with E-state index in [4.69, 9.17) is 24.3 Å². The number of rotatable bonds is 3. The van der Waals surface area contributed by atoms with Gasteiger partial charge < -0.3 is 24.2 Å². The molecule has 1 N–H and O–H groups in total. The average Bonchev–Trinajstić information content (AvgIpc) is 3.43. The summed E-state index contributed by atoms with van der Waals surface area (Å²) in [5.41, 5.74) is 4.17. The van der Waals surface area contributed by atoms with Gasteiger partial charge in [-0.15, -0.1) is 0 Å². The van der Waals surface area contributed by atoms with E-state index in [0.29, 0.717) is 59.4 Å². The van der Waals surface area contributed by atoms with E-state index < -0.39 is 17.7 Å². The number of ether oxygens (including phenoxy) is 3. The molecule has 0 amide bonds. The second-order valence-electron chi connectivity index (χ2n) is 13.9. The molecule has 1 fully saturated rings. The number of carboxylic acids is 1. The van der Waals surface area contributed by atoms with E-state index in [0.717, 1.165) is 29.5 Å². The first kappa shape index (κ1) is 32.7. The molecule has 248 valence electrons. The minimum Gasteiger partial charge on any atom is -0.486 e. The van der Waals surface area contributed by atoms with Gasteiger partial charge in [0.15, 0.2) is 11.8 Å². The van der Waals surface area contributed by atoms with Crippen LogP contribution in [-0.2, 0) is 14.3 Å². The monoisotopic (exact) mass is 642 g/mol. The highest BCUT2D eigenvalue weighted by atomic mass is 19.1. The normalized spacial score (nSPS) is 21.4. The molecule has 2 atom stereocenters. The summed E-state index contributed by atoms with van der Waals surface area (Å²) >= 11 is 0. The number of carboxylic acid groups (broad SMARTS) is 1. The molecule has 2 aromatic heterocycles. The van der Waals surface area contributed by atoms with Crippen molar-refractivity contribution in [3.05, 3.63) is 77.3 Å². The summed E-state index contributed by atoms with van der Waals surface area (Å²) in [4.78, 5) is 19.8. The lowest BCUT2D eigenvalue weighted by atomic mass is 9.92. The third-order valence-electron chi connectivity index (χ3n) is 8.86. The van der Waals surface area contributed by atoms with Gasteiger partial charge in [0, 0.05) is 42.0 Å². The Labute approximate surface area is 275 Å². The summed E-state index contributed by atoms with van der Waals surface area (Å²) in [7, 11) is 0. The third kappa shape index (κ3) is 6.75. The Morgan fingerprint density at radius 1 is 1.13 bits per heavy atom. The maximum Gasteiger partial charge on any atom is 0.337 e. The number of hydrogen-bond acceptors (Lipinski definition) is 7. The van der Waals surface area contributed by atoms with E-state index in [2.05, 4.69) is 11.8 Å². The van der Waals surface area contributed by atoms with Crippen LogP contribution in [0.25, 0.3) is 28.0 Å². The maximum absolute atomic E-state index is 14.8. The molecule has 9 nitrogen and oxygen atoms in total. The number of hydrogen-bond donors (Lipinski definition) is 1. The van der Waals surface area contributed by atoms with Crippen LogP contribution in [0, 0.1) is 19.7 Å². The molecule has 6 bridgehead atoms. The summed E-state index contributed by atoms with van der Waals surface area (Å²) in [5, 5.41) is 15.5. The van der Waals surface area contributed by atoms with Crippen molar-refractivity contribution in [2.24, 2.45) is 0 Å². The van der Waals surface area contributed by atoms with Crippen molar-refractivity contribution >= 4 is 17.4 Å². The van der Waals surface area contributed by atoms with Crippen molar-refractivity contribution in [2.45, 2.75) is 84.7 Å². The van der Waals surface area contributed by atoms with Crippen molar-refractivity contribution in [3.8, 4) is 28.1 Å². The van der Waals surface area contributed by atoms with Gasteiger partial charge >= 0.3 is 5.97 Å². The summed E-state index contributed by atoms with van der Waals surface area (Å²) in [5.74, 6) is -0.325. The van der Waals surface area contributed by atoms with Gasteiger partial charge in [0.05, 0.1) is 29.1 Å². The summed E-state index contributed by atoms with van der Waals surface area (Å²) in [6.07, 6.45) is 3.74. The number of benzene rings is 2. The zero-order valence-electron chi connectivity index (χ0n) is 28.1. The lowest BCUT2D eigenvalue weighted by Crippen LogP contribution is -2.45. The minimum atomic E-state index is -1.25. The molecule has 5 heterocycles. The molecule has 0 saturated carbocycles. The zero-order chi connectivity index (χ0) is 33.7. The fourth-order valence-electron chi connectivity index (χ4n) is 6.36. The Kier molecular flexibility index (Phi) is 8.61. The number of carbonyl (C=O) groups is 1. The molecular weight excluding hydrogens is 599 g/mol. The highest BCUT2D eigenvalue weighted by Crippen LogP contribution is 2.39. The zero-order valence-corrected chi connectivity index (χ0v) is 28.1. The molecule has 0 unspecified atom stereocenters. The van der Waals surface area contributed by atoms with Crippen molar-refractivity contribution in [1.29, 1.82) is 0 Å². The molecule has 2 aromatic carbocycles. The molecule has 4 aromatic rings. The second kappa shape index (κ2) is 12.4. The lowest BCUT2D eigenvalue weighted by Gasteiger charge is -2.41. The van der Waals surface area contributed by atoms with Gasteiger partial charge in [-0.25, -0.2) is 14.2 Å². The topological polar surface area (TPSA) is 98.4 Å². The Bertz CT molecular complexity index is 1850. The highest BCUT2D eigenvalue weighted by molar-refractivity contribution is 5.80. The molecule has 10 heteroatoms. The minimum absolute atomic E-state index is 0.319. The lowest BCUT2D eigenvalue weighted by molar-refractivity contribution is -0.160. The fourth-order valence-corrected chi connectivity index (χ4v) is 6.36. The molecule has 3 aliphatic heterocycles. The van der Waals surface area contributed by atoms with Crippen LogP contribution in [0.3, 0.4) is 0 Å². The number of halogens is 1. The number of nitrogens with zero attached hydrogens (tertiary/aromatic N) is 4. The van der Waals surface area contributed by atoms with Gasteiger partial charge in [-0.2, -0.15) is 9.61 Å². The van der Waals surface area contributed by atoms with Gasteiger partial charge in [-0.1, -0.05) is 24.3 Å². The molecule has 0 spiro atoms. The van der Waals surface area contributed by atoms with Crippen LogP contribution in [0.4, 0.5) is 10.2 Å². The molecule has 3 aliphatic rings. The van der Waals surface area contributed by atoms with Gasteiger partial charge in [0.25, 0.3) is 0 Å². The first-order valence-corrected chi connectivity index (χ1v) is 16.2. The Morgan fingerprint density at radius 3 is 2.55 bits per heavy atom. The van der Waals surface area contributed by atoms with Gasteiger partial charge in [-0.3, -0.25) is 0 Å².